The van der Waals surface area contributed by atoms with Crippen molar-refractivity contribution in [2.24, 2.45) is 5.73 Å². The van der Waals surface area contributed by atoms with Gasteiger partial charge in [0.1, 0.15) is 0 Å². The first-order valence-corrected chi connectivity index (χ1v) is 7.50. The Morgan fingerprint density at radius 3 is 2.89 bits per heavy atom. The number of thioether (sulfide) groups is 1. The molecule has 0 fully saturated rings. The van der Waals surface area contributed by atoms with Gasteiger partial charge < -0.3 is 10.3 Å². The van der Waals surface area contributed by atoms with Crippen LogP contribution in [0.25, 0.3) is 0 Å². The van der Waals surface area contributed by atoms with Gasteiger partial charge in [0.2, 0.25) is 5.89 Å². The zero-order valence-corrected chi connectivity index (χ0v) is 12.2. The molecule has 102 valence electrons. The van der Waals surface area contributed by atoms with Crippen LogP contribution in [0.4, 0.5) is 0 Å². The van der Waals surface area contributed by atoms with Crippen molar-refractivity contribution < 1.29 is 4.52 Å². The summed E-state index contributed by atoms with van der Waals surface area (Å²) < 4.78 is 5.24. The molecule has 0 aliphatic rings. The van der Waals surface area contributed by atoms with Crippen LogP contribution in [0.15, 0.2) is 33.7 Å². The number of nitrogens with two attached hydrogens (primary N) is 1. The molecule has 0 amide bonds. The van der Waals surface area contributed by atoms with Crippen LogP contribution in [-0.2, 0) is 5.75 Å². The van der Waals surface area contributed by atoms with Crippen LogP contribution in [0.5, 0.6) is 0 Å². The lowest BCUT2D eigenvalue weighted by molar-refractivity contribution is 0.348. The number of halogens is 1. The Bertz CT molecular complexity index is 528. The molecule has 19 heavy (non-hydrogen) atoms. The molecule has 4 nitrogen and oxygen atoms in total. The predicted octanol–water partition coefficient (Wildman–Crippen LogP) is 3.47. The lowest BCUT2D eigenvalue weighted by Gasteiger charge is -2.04. The molecule has 1 heterocycles. The second-order valence-corrected chi connectivity index (χ2v) is 5.53. The highest BCUT2D eigenvalue weighted by molar-refractivity contribution is 7.98. The highest BCUT2D eigenvalue weighted by Gasteiger charge is 2.15. The van der Waals surface area contributed by atoms with Crippen LogP contribution in [0.2, 0.25) is 5.02 Å². The topological polar surface area (TPSA) is 64.9 Å². The molecular formula is C13H16ClN3OS. The second-order valence-electron chi connectivity index (χ2n) is 4.11. The van der Waals surface area contributed by atoms with Crippen molar-refractivity contribution >= 4 is 23.4 Å². The number of rotatable bonds is 6. The number of hydrogen-bond donors (Lipinski definition) is 1. The molecule has 6 heteroatoms. The van der Waals surface area contributed by atoms with Gasteiger partial charge in [0.25, 0.3) is 0 Å². The lowest BCUT2D eigenvalue weighted by atomic mass is 10.1. The maximum atomic E-state index is 6.09. The number of hydrogen-bond acceptors (Lipinski definition) is 5. The van der Waals surface area contributed by atoms with Gasteiger partial charge in [0, 0.05) is 11.4 Å². The maximum Gasteiger partial charge on any atom is 0.231 e. The van der Waals surface area contributed by atoms with Crippen molar-refractivity contribution in [3.63, 3.8) is 0 Å². The molecule has 2 aromatic rings. The van der Waals surface area contributed by atoms with E-state index in [4.69, 9.17) is 21.9 Å². The average Bonchev–Trinajstić information content (AvgIpc) is 2.88. The number of benzene rings is 1. The summed E-state index contributed by atoms with van der Waals surface area (Å²) in [7, 11) is 0. The van der Waals surface area contributed by atoms with E-state index in [1.54, 1.807) is 11.8 Å². The fourth-order valence-corrected chi connectivity index (χ4v) is 2.72. The Morgan fingerprint density at radius 1 is 1.42 bits per heavy atom. The molecule has 0 bridgehead atoms. The molecule has 0 spiro atoms. The Hall–Kier alpha value is -1.04. The van der Waals surface area contributed by atoms with Gasteiger partial charge in [-0.2, -0.15) is 4.98 Å². The van der Waals surface area contributed by atoms with Crippen LogP contribution < -0.4 is 5.73 Å². The van der Waals surface area contributed by atoms with Gasteiger partial charge in [-0.1, -0.05) is 35.8 Å². The Morgan fingerprint density at radius 2 is 2.21 bits per heavy atom. The molecule has 1 aromatic carbocycles. The molecule has 2 rings (SSSR count). The molecule has 0 saturated heterocycles. The molecule has 0 radical (unpaired) electrons. The summed E-state index contributed by atoms with van der Waals surface area (Å²) in [5, 5.41) is 4.71. The first-order chi connectivity index (χ1) is 9.24. The SMILES string of the molecule is CCC(CN)c1nc(CSc2ccccc2Cl)no1. The van der Waals surface area contributed by atoms with Crippen molar-refractivity contribution in [3.05, 3.63) is 41.0 Å². The highest BCUT2D eigenvalue weighted by Crippen LogP contribution is 2.29. The standard InChI is InChI=1S/C13H16ClN3OS/c1-2-9(7-15)13-16-12(17-18-13)8-19-11-6-4-3-5-10(11)14/h3-6,9H,2,7-8,15H2,1H3. The summed E-state index contributed by atoms with van der Waals surface area (Å²) in [5.41, 5.74) is 5.66. The number of aromatic nitrogens is 2. The molecule has 1 aromatic heterocycles. The minimum absolute atomic E-state index is 0.145. The van der Waals surface area contributed by atoms with E-state index < -0.39 is 0 Å². The zero-order valence-electron chi connectivity index (χ0n) is 10.7. The third-order valence-corrected chi connectivity index (χ3v) is 4.31. The second kappa shape index (κ2) is 6.93. The summed E-state index contributed by atoms with van der Waals surface area (Å²) >= 11 is 7.68. The quantitative estimate of drug-likeness (QED) is 0.827. The van der Waals surface area contributed by atoms with Crippen molar-refractivity contribution in [3.8, 4) is 0 Å². The number of nitrogens with zero attached hydrogens (tertiary/aromatic N) is 2. The maximum absolute atomic E-state index is 6.09. The largest absolute Gasteiger partial charge is 0.339 e. The van der Waals surface area contributed by atoms with E-state index in [0.717, 1.165) is 16.3 Å². The van der Waals surface area contributed by atoms with Gasteiger partial charge in [-0.05, 0) is 18.6 Å². The van der Waals surface area contributed by atoms with Crippen molar-refractivity contribution in [1.29, 1.82) is 0 Å². The first kappa shape index (κ1) is 14.4. The lowest BCUT2D eigenvalue weighted by Crippen LogP contribution is -2.11. The Balaban J connectivity index is 1.99. The van der Waals surface area contributed by atoms with Crippen LogP contribution in [0.3, 0.4) is 0 Å². The predicted molar refractivity (Wildman–Crippen MR) is 77.4 cm³/mol. The first-order valence-electron chi connectivity index (χ1n) is 6.14. The van der Waals surface area contributed by atoms with Crippen molar-refractivity contribution in [2.75, 3.05) is 6.54 Å². The third kappa shape index (κ3) is 3.72. The summed E-state index contributed by atoms with van der Waals surface area (Å²) in [5.74, 6) is 2.08. The van der Waals surface area contributed by atoms with Gasteiger partial charge in [-0.25, -0.2) is 0 Å². The zero-order chi connectivity index (χ0) is 13.7. The smallest absolute Gasteiger partial charge is 0.231 e. The monoisotopic (exact) mass is 297 g/mol. The average molecular weight is 298 g/mol. The third-order valence-electron chi connectivity index (χ3n) is 2.80. The Labute approximate surface area is 121 Å². The fourth-order valence-electron chi connectivity index (χ4n) is 1.64. The minimum Gasteiger partial charge on any atom is -0.339 e. The molecule has 2 N–H and O–H groups in total. The van der Waals surface area contributed by atoms with Crippen molar-refractivity contribution in [1.82, 2.24) is 10.1 Å². The normalized spacial score (nSPS) is 12.6. The van der Waals surface area contributed by atoms with Gasteiger partial charge >= 0.3 is 0 Å². The summed E-state index contributed by atoms with van der Waals surface area (Å²) in [4.78, 5) is 5.39. The summed E-state index contributed by atoms with van der Waals surface area (Å²) in [6.45, 7) is 2.58. The van der Waals surface area contributed by atoms with Crippen LogP contribution in [-0.4, -0.2) is 16.7 Å². The van der Waals surface area contributed by atoms with Gasteiger partial charge in [-0.3, -0.25) is 0 Å². The van der Waals surface area contributed by atoms with Crippen molar-refractivity contribution in [2.45, 2.75) is 29.9 Å². The molecule has 1 atom stereocenters. The van der Waals surface area contributed by atoms with E-state index in [1.165, 1.54) is 0 Å². The van der Waals surface area contributed by atoms with E-state index in [1.807, 2.05) is 24.3 Å². The van der Waals surface area contributed by atoms with Crippen LogP contribution >= 0.6 is 23.4 Å². The van der Waals surface area contributed by atoms with Crippen LogP contribution in [0, 0.1) is 0 Å². The minimum atomic E-state index is 0.145. The summed E-state index contributed by atoms with van der Waals surface area (Å²) in [6.07, 6.45) is 0.899. The van der Waals surface area contributed by atoms with E-state index in [2.05, 4.69) is 17.1 Å². The van der Waals surface area contributed by atoms with E-state index in [0.29, 0.717) is 24.0 Å². The van der Waals surface area contributed by atoms with E-state index >= 15 is 0 Å². The van der Waals surface area contributed by atoms with Gasteiger partial charge in [0.05, 0.1) is 16.7 Å². The highest BCUT2D eigenvalue weighted by atomic mass is 35.5. The molecule has 0 aliphatic carbocycles. The molecule has 1 unspecified atom stereocenters. The molecule has 0 aliphatic heterocycles. The fraction of sp³-hybridized carbons (Fsp3) is 0.385. The van der Waals surface area contributed by atoms with Crippen LogP contribution in [0.1, 0.15) is 31.0 Å². The Kier molecular flexibility index (Phi) is 5.24. The van der Waals surface area contributed by atoms with Gasteiger partial charge in [0.15, 0.2) is 5.82 Å². The molecular weight excluding hydrogens is 282 g/mol. The van der Waals surface area contributed by atoms with E-state index in [9.17, 15) is 0 Å². The molecule has 0 saturated carbocycles. The summed E-state index contributed by atoms with van der Waals surface area (Å²) in [6, 6.07) is 7.71. The van der Waals surface area contributed by atoms with Gasteiger partial charge in [-0.15, -0.1) is 11.8 Å². The van der Waals surface area contributed by atoms with E-state index in [-0.39, 0.29) is 5.92 Å².